The lowest BCUT2D eigenvalue weighted by Gasteiger charge is -2.20. The van der Waals surface area contributed by atoms with E-state index in [4.69, 9.17) is 4.74 Å². The van der Waals surface area contributed by atoms with Crippen LogP contribution in [0.25, 0.3) is 10.9 Å². The summed E-state index contributed by atoms with van der Waals surface area (Å²) in [6, 6.07) is 7.59. The van der Waals surface area contributed by atoms with Crippen molar-refractivity contribution in [3.05, 3.63) is 40.2 Å². The molecule has 0 fully saturated rings. The van der Waals surface area contributed by atoms with Crippen LogP contribution in [0, 0.1) is 0 Å². The molecule has 27 heavy (non-hydrogen) atoms. The van der Waals surface area contributed by atoms with E-state index in [1.54, 1.807) is 7.11 Å². The van der Waals surface area contributed by atoms with E-state index in [0.717, 1.165) is 49.7 Å². The van der Waals surface area contributed by atoms with Crippen molar-refractivity contribution in [1.29, 1.82) is 0 Å². The lowest BCUT2D eigenvalue weighted by molar-refractivity contribution is 0.0442. The van der Waals surface area contributed by atoms with Gasteiger partial charge in [0.1, 0.15) is 0 Å². The highest BCUT2D eigenvalue weighted by atomic mass is 16.5. The van der Waals surface area contributed by atoms with Crippen molar-refractivity contribution in [1.82, 2.24) is 4.98 Å². The molecule has 0 saturated heterocycles. The molecule has 4 heteroatoms. The number of H-pyrrole nitrogens is 1. The molecule has 0 aliphatic carbocycles. The van der Waals surface area contributed by atoms with Gasteiger partial charge in [-0.3, -0.25) is 4.79 Å². The van der Waals surface area contributed by atoms with Gasteiger partial charge in [0.2, 0.25) is 5.43 Å². The molecule has 1 aromatic carbocycles. The van der Waals surface area contributed by atoms with Gasteiger partial charge in [0.15, 0.2) is 5.75 Å². The average molecular weight is 374 g/mol. The van der Waals surface area contributed by atoms with E-state index in [2.05, 4.69) is 4.98 Å². The van der Waals surface area contributed by atoms with Crippen molar-refractivity contribution in [3.63, 3.8) is 0 Å². The Morgan fingerprint density at radius 1 is 1.04 bits per heavy atom. The zero-order valence-electron chi connectivity index (χ0n) is 17.1. The van der Waals surface area contributed by atoms with Crippen LogP contribution < -0.4 is 10.2 Å². The Kier molecular flexibility index (Phi) is 8.36. The molecule has 0 amide bonds. The van der Waals surface area contributed by atoms with E-state index in [1.165, 1.54) is 25.7 Å². The minimum atomic E-state index is -0.490. The van der Waals surface area contributed by atoms with Gasteiger partial charge in [0.25, 0.3) is 0 Å². The number of hydrogen-bond donors (Lipinski definition) is 2. The minimum Gasteiger partial charge on any atom is -0.491 e. The van der Waals surface area contributed by atoms with Gasteiger partial charge >= 0.3 is 0 Å². The molecule has 0 aliphatic rings. The van der Waals surface area contributed by atoms with Gasteiger partial charge in [-0.1, -0.05) is 57.6 Å². The Hall–Kier alpha value is -1.81. The zero-order valence-corrected chi connectivity index (χ0v) is 17.1. The molecule has 0 bridgehead atoms. The van der Waals surface area contributed by atoms with Gasteiger partial charge in [0, 0.05) is 10.9 Å². The van der Waals surface area contributed by atoms with E-state index >= 15 is 0 Å². The zero-order chi connectivity index (χ0) is 19.7. The summed E-state index contributed by atoms with van der Waals surface area (Å²) in [7, 11) is 1.57. The molecular weight excluding hydrogens is 338 g/mol. The molecule has 0 spiro atoms. The maximum atomic E-state index is 12.5. The molecule has 4 nitrogen and oxygen atoms in total. The topological polar surface area (TPSA) is 62.3 Å². The first-order chi connectivity index (χ1) is 13.0. The maximum Gasteiger partial charge on any atom is 0.231 e. The highest BCUT2D eigenvalue weighted by Gasteiger charge is 2.16. The van der Waals surface area contributed by atoms with Crippen LogP contribution in [-0.2, 0) is 6.42 Å². The first-order valence-electron chi connectivity index (χ1n) is 10.4. The fourth-order valence-electron chi connectivity index (χ4n) is 3.53. The summed E-state index contributed by atoms with van der Waals surface area (Å²) >= 11 is 0. The molecule has 1 heterocycles. The number of nitrogens with one attached hydrogen (secondary N) is 1. The Balaban J connectivity index is 1.72. The SMILES string of the molecule is CCC(C)(O)CCCCCCCCCc1[nH]c2ccccc2c(=O)c1OC. The molecule has 0 saturated carbocycles. The van der Waals surface area contributed by atoms with E-state index in [1.807, 2.05) is 38.1 Å². The van der Waals surface area contributed by atoms with Crippen LogP contribution in [0.4, 0.5) is 0 Å². The number of ether oxygens (including phenoxy) is 1. The summed E-state index contributed by atoms with van der Waals surface area (Å²) in [5, 5.41) is 10.7. The van der Waals surface area contributed by atoms with Crippen LogP contribution in [0.1, 0.15) is 77.3 Å². The number of unbranched alkanes of at least 4 members (excludes halogenated alkanes) is 6. The fourth-order valence-corrected chi connectivity index (χ4v) is 3.53. The molecular formula is C23H35NO3. The number of aryl methyl sites for hydroxylation is 1. The summed E-state index contributed by atoms with van der Waals surface area (Å²) in [4.78, 5) is 15.9. The van der Waals surface area contributed by atoms with E-state index in [-0.39, 0.29) is 5.43 Å². The molecule has 2 N–H and O–H groups in total. The van der Waals surface area contributed by atoms with Crippen molar-refractivity contribution in [2.75, 3.05) is 7.11 Å². The van der Waals surface area contributed by atoms with Gasteiger partial charge in [-0.25, -0.2) is 0 Å². The lowest BCUT2D eigenvalue weighted by Crippen LogP contribution is -2.22. The van der Waals surface area contributed by atoms with Crippen molar-refractivity contribution in [3.8, 4) is 5.75 Å². The van der Waals surface area contributed by atoms with Crippen LogP contribution in [0.15, 0.2) is 29.1 Å². The highest BCUT2D eigenvalue weighted by molar-refractivity contribution is 5.80. The summed E-state index contributed by atoms with van der Waals surface area (Å²) in [6.07, 6.45) is 10.8. The molecule has 150 valence electrons. The van der Waals surface area contributed by atoms with Gasteiger partial charge in [-0.2, -0.15) is 0 Å². The summed E-state index contributed by atoms with van der Waals surface area (Å²) < 4.78 is 5.38. The van der Waals surface area contributed by atoms with E-state index < -0.39 is 5.60 Å². The lowest BCUT2D eigenvalue weighted by atomic mass is 9.95. The van der Waals surface area contributed by atoms with Crippen LogP contribution in [0.3, 0.4) is 0 Å². The Bertz CT molecular complexity index is 764. The maximum absolute atomic E-state index is 12.5. The Labute approximate surface area is 163 Å². The third kappa shape index (κ3) is 6.39. The van der Waals surface area contributed by atoms with Crippen LogP contribution in [0.5, 0.6) is 5.75 Å². The van der Waals surface area contributed by atoms with Crippen molar-refractivity contribution in [2.45, 2.75) is 83.7 Å². The Morgan fingerprint density at radius 2 is 1.67 bits per heavy atom. The second-order valence-electron chi connectivity index (χ2n) is 7.84. The highest BCUT2D eigenvalue weighted by Crippen LogP contribution is 2.21. The third-order valence-corrected chi connectivity index (χ3v) is 5.55. The van der Waals surface area contributed by atoms with Gasteiger partial charge < -0.3 is 14.8 Å². The standard InChI is InChI=1S/C23H35NO3/c1-4-23(2,26)17-13-9-7-5-6-8-10-16-20-22(27-3)21(25)18-14-11-12-15-19(18)24-20/h11-12,14-15,26H,4-10,13,16-17H2,1-3H3,(H,24,25). The van der Waals surface area contributed by atoms with Gasteiger partial charge in [-0.15, -0.1) is 0 Å². The molecule has 0 aliphatic heterocycles. The number of aromatic nitrogens is 1. The number of benzene rings is 1. The first kappa shape index (κ1) is 21.5. The van der Waals surface area contributed by atoms with E-state index in [0.29, 0.717) is 11.1 Å². The monoisotopic (exact) mass is 373 g/mol. The minimum absolute atomic E-state index is 0.0233. The smallest absolute Gasteiger partial charge is 0.231 e. The predicted octanol–water partition coefficient (Wildman–Crippen LogP) is 5.36. The first-order valence-corrected chi connectivity index (χ1v) is 10.4. The number of para-hydroxylation sites is 1. The molecule has 1 atom stereocenters. The van der Waals surface area contributed by atoms with Crippen molar-refractivity contribution < 1.29 is 9.84 Å². The molecule has 1 aromatic heterocycles. The number of aromatic amines is 1. The van der Waals surface area contributed by atoms with Crippen molar-refractivity contribution >= 4 is 10.9 Å². The molecule has 2 aromatic rings. The van der Waals surface area contributed by atoms with Crippen LogP contribution in [-0.4, -0.2) is 22.8 Å². The number of rotatable bonds is 12. The largest absolute Gasteiger partial charge is 0.491 e. The number of pyridine rings is 1. The predicted molar refractivity (Wildman–Crippen MR) is 113 cm³/mol. The van der Waals surface area contributed by atoms with E-state index in [9.17, 15) is 9.90 Å². The second kappa shape index (κ2) is 10.5. The number of hydrogen-bond acceptors (Lipinski definition) is 3. The normalized spacial score (nSPS) is 13.6. The number of fused-ring (bicyclic) bond motifs is 1. The summed E-state index contributed by atoms with van der Waals surface area (Å²) in [5.74, 6) is 0.455. The average Bonchev–Trinajstić information content (AvgIpc) is 2.67. The molecule has 1 unspecified atom stereocenters. The fraction of sp³-hybridized carbons (Fsp3) is 0.609. The second-order valence-corrected chi connectivity index (χ2v) is 7.84. The van der Waals surface area contributed by atoms with Crippen LogP contribution >= 0.6 is 0 Å². The van der Waals surface area contributed by atoms with Crippen LogP contribution in [0.2, 0.25) is 0 Å². The third-order valence-electron chi connectivity index (χ3n) is 5.55. The number of methoxy groups -OCH3 is 1. The summed E-state index contributed by atoms with van der Waals surface area (Å²) in [5.41, 5.74) is 1.27. The Morgan fingerprint density at radius 3 is 2.33 bits per heavy atom. The quantitative estimate of drug-likeness (QED) is 0.492. The number of aliphatic hydroxyl groups is 1. The van der Waals surface area contributed by atoms with Gasteiger partial charge in [0.05, 0.1) is 18.4 Å². The van der Waals surface area contributed by atoms with Gasteiger partial charge in [-0.05, 0) is 44.7 Å². The summed E-state index contributed by atoms with van der Waals surface area (Å²) in [6.45, 7) is 3.97. The van der Waals surface area contributed by atoms with Crippen molar-refractivity contribution in [2.24, 2.45) is 0 Å². The molecule has 0 radical (unpaired) electrons. The molecule has 2 rings (SSSR count).